The third-order valence-electron chi connectivity index (χ3n) is 5.45. The molecule has 2 aliphatic rings. The Morgan fingerprint density at radius 1 is 1.12 bits per heavy atom. The molecule has 6 heteroatoms. The van der Waals surface area contributed by atoms with Crippen LogP contribution in [0.5, 0.6) is 0 Å². The summed E-state index contributed by atoms with van der Waals surface area (Å²) in [5.41, 5.74) is 1.37. The van der Waals surface area contributed by atoms with Crippen molar-refractivity contribution < 1.29 is 19.8 Å². The van der Waals surface area contributed by atoms with Crippen LogP contribution in [0.3, 0.4) is 0 Å². The van der Waals surface area contributed by atoms with Crippen LogP contribution in [0.1, 0.15) is 41.6 Å². The van der Waals surface area contributed by atoms with Crippen LogP contribution in [0.2, 0.25) is 0 Å². The molecule has 25 heavy (non-hydrogen) atoms. The van der Waals surface area contributed by atoms with Crippen LogP contribution < -0.4 is 0 Å². The van der Waals surface area contributed by atoms with E-state index in [4.69, 9.17) is 5.11 Å². The van der Waals surface area contributed by atoms with Gasteiger partial charge in [-0.2, -0.15) is 0 Å². The minimum Gasteiger partial charge on any atom is -0.395 e. The fourth-order valence-corrected chi connectivity index (χ4v) is 4.08. The minimum absolute atomic E-state index is 0.00849. The van der Waals surface area contributed by atoms with Crippen LogP contribution in [0.4, 0.5) is 0 Å². The van der Waals surface area contributed by atoms with E-state index in [0.29, 0.717) is 31.6 Å². The first-order valence-corrected chi connectivity index (χ1v) is 8.95. The molecule has 2 saturated heterocycles. The molecule has 6 nitrogen and oxygen atoms in total. The van der Waals surface area contributed by atoms with Gasteiger partial charge in [-0.3, -0.25) is 9.59 Å². The van der Waals surface area contributed by atoms with Gasteiger partial charge in [-0.1, -0.05) is 12.1 Å². The summed E-state index contributed by atoms with van der Waals surface area (Å²) in [4.78, 5) is 28.5. The molecule has 1 atom stereocenters. The van der Waals surface area contributed by atoms with E-state index in [9.17, 15) is 14.7 Å². The van der Waals surface area contributed by atoms with Crippen molar-refractivity contribution in [3.8, 4) is 0 Å². The third-order valence-corrected chi connectivity index (χ3v) is 5.45. The lowest BCUT2D eigenvalue weighted by molar-refractivity contribution is -0.139. The summed E-state index contributed by atoms with van der Waals surface area (Å²) in [6.07, 6.45) is 3.24. The number of nitrogens with zero attached hydrogens (tertiary/aromatic N) is 2. The maximum Gasteiger partial charge on any atom is 0.253 e. The molecule has 0 unspecified atom stereocenters. The van der Waals surface area contributed by atoms with Crippen LogP contribution in [-0.4, -0.2) is 64.6 Å². The zero-order valence-electron chi connectivity index (χ0n) is 14.5. The molecule has 3 rings (SSSR count). The molecular formula is C19H26N2O4. The van der Waals surface area contributed by atoms with Gasteiger partial charge in [-0.25, -0.2) is 0 Å². The SMILES string of the molecule is O=C1CC[C@@]2(CCCN(C(=O)c3ccc(CO)cc3)C2)CN1CCO. The first-order valence-electron chi connectivity index (χ1n) is 8.95. The lowest BCUT2D eigenvalue weighted by Gasteiger charge is -2.48. The fourth-order valence-electron chi connectivity index (χ4n) is 4.08. The Morgan fingerprint density at radius 2 is 1.88 bits per heavy atom. The zero-order chi connectivity index (χ0) is 17.9. The summed E-state index contributed by atoms with van der Waals surface area (Å²) in [6, 6.07) is 7.07. The fraction of sp³-hybridized carbons (Fsp3) is 0.579. The number of piperidine rings is 2. The minimum atomic E-state index is -0.0535. The van der Waals surface area contributed by atoms with Crippen molar-refractivity contribution in [1.82, 2.24) is 9.80 Å². The predicted octanol–water partition coefficient (Wildman–Crippen LogP) is 1.02. The second kappa shape index (κ2) is 7.54. The van der Waals surface area contributed by atoms with Crippen molar-refractivity contribution in [3.63, 3.8) is 0 Å². The number of likely N-dealkylation sites (tertiary alicyclic amines) is 2. The van der Waals surface area contributed by atoms with E-state index in [0.717, 1.165) is 31.4 Å². The Morgan fingerprint density at radius 3 is 2.56 bits per heavy atom. The molecule has 2 N–H and O–H groups in total. The van der Waals surface area contributed by atoms with Gasteiger partial charge in [0.2, 0.25) is 5.91 Å². The first kappa shape index (κ1) is 17.9. The molecule has 0 aliphatic carbocycles. The highest BCUT2D eigenvalue weighted by molar-refractivity contribution is 5.94. The molecule has 0 radical (unpaired) electrons. The van der Waals surface area contributed by atoms with Crippen LogP contribution in [-0.2, 0) is 11.4 Å². The summed E-state index contributed by atoms with van der Waals surface area (Å²) < 4.78 is 0. The number of amides is 2. The molecule has 1 aromatic carbocycles. The van der Waals surface area contributed by atoms with Crippen molar-refractivity contribution in [2.75, 3.05) is 32.8 Å². The van der Waals surface area contributed by atoms with Crippen molar-refractivity contribution in [1.29, 1.82) is 0 Å². The molecule has 0 aromatic heterocycles. The quantitative estimate of drug-likeness (QED) is 0.853. The summed E-state index contributed by atoms with van der Waals surface area (Å²) in [7, 11) is 0. The van der Waals surface area contributed by atoms with Gasteiger partial charge >= 0.3 is 0 Å². The molecule has 1 spiro atoms. The maximum absolute atomic E-state index is 12.8. The van der Waals surface area contributed by atoms with E-state index < -0.39 is 0 Å². The summed E-state index contributed by atoms with van der Waals surface area (Å²) in [5, 5.41) is 18.3. The van der Waals surface area contributed by atoms with Crippen molar-refractivity contribution in [2.24, 2.45) is 5.41 Å². The van der Waals surface area contributed by atoms with E-state index in [1.165, 1.54) is 0 Å². The van der Waals surface area contributed by atoms with Gasteiger partial charge < -0.3 is 20.0 Å². The number of carbonyl (C=O) groups excluding carboxylic acids is 2. The number of aliphatic hydroxyl groups is 2. The van der Waals surface area contributed by atoms with E-state index in [1.807, 2.05) is 4.90 Å². The average molecular weight is 346 g/mol. The highest BCUT2D eigenvalue weighted by Crippen LogP contribution is 2.39. The Balaban J connectivity index is 1.71. The van der Waals surface area contributed by atoms with Gasteiger partial charge in [0.1, 0.15) is 0 Å². The van der Waals surface area contributed by atoms with Crippen LogP contribution in [0.25, 0.3) is 0 Å². The van der Waals surface area contributed by atoms with Crippen LogP contribution in [0, 0.1) is 5.41 Å². The number of hydrogen-bond donors (Lipinski definition) is 2. The average Bonchev–Trinajstić information content (AvgIpc) is 2.65. The number of hydrogen-bond acceptors (Lipinski definition) is 4. The monoisotopic (exact) mass is 346 g/mol. The predicted molar refractivity (Wildman–Crippen MR) is 92.8 cm³/mol. The van der Waals surface area contributed by atoms with Gasteiger partial charge in [0.15, 0.2) is 0 Å². The van der Waals surface area contributed by atoms with E-state index in [1.54, 1.807) is 29.2 Å². The lowest BCUT2D eigenvalue weighted by atomic mass is 9.73. The van der Waals surface area contributed by atoms with Gasteiger partial charge in [0, 0.05) is 43.6 Å². The Bertz CT molecular complexity index is 631. The van der Waals surface area contributed by atoms with Crippen molar-refractivity contribution >= 4 is 11.8 Å². The summed E-state index contributed by atoms with van der Waals surface area (Å²) in [5.74, 6) is 0.108. The second-order valence-corrected chi connectivity index (χ2v) is 7.22. The van der Waals surface area contributed by atoms with E-state index in [-0.39, 0.29) is 30.4 Å². The van der Waals surface area contributed by atoms with Gasteiger partial charge in [-0.05, 0) is 37.0 Å². The number of β-amino-alcohol motifs (C(OH)–C–C–N with tert-alkyl or cyclic N) is 1. The smallest absolute Gasteiger partial charge is 0.253 e. The topological polar surface area (TPSA) is 81.1 Å². The molecule has 2 heterocycles. The molecule has 2 aliphatic heterocycles. The highest BCUT2D eigenvalue weighted by atomic mass is 16.3. The number of rotatable bonds is 4. The van der Waals surface area contributed by atoms with E-state index in [2.05, 4.69) is 0 Å². The summed E-state index contributed by atoms with van der Waals surface area (Å²) in [6.45, 7) is 2.33. The molecule has 136 valence electrons. The molecule has 0 bridgehead atoms. The molecule has 1 aromatic rings. The standard InChI is InChI=1S/C19H26N2O4/c22-11-10-20-13-19(8-6-17(20)24)7-1-9-21(14-19)18(25)16-4-2-15(12-23)3-5-16/h2-5,22-23H,1,6-14H2/t19-/m0/s1. The van der Waals surface area contributed by atoms with Crippen LogP contribution >= 0.6 is 0 Å². The third kappa shape index (κ3) is 3.85. The molecule has 0 saturated carbocycles. The number of benzene rings is 1. The Labute approximate surface area is 148 Å². The molecule has 2 amide bonds. The normalized spacial score (nSPS) is 24.0. The first-order chi connectivity index (χ1) is 12.1. The highest BCUT2D eigenvalue weighted by Gasteiger charge is 2.42. The van der Waals surface area contributed by atoms with Crippen molar-refractivity contribution in [2.45, 2.75) is 32.3 Å². The summed E-state index contributed by atoms with van der Waals surface area (Å²) >= 11 is 0. The Kier molecular flexibility index (Phi) is 5.39. The maximum atomic E-state index is 12.8. The van der Waals surface area contributed by atoms with Gasteiger partial charge in [-0.15, -0.1) is 0 Å². The van der Waals surface area contributed by atoms with Gasteiger partial charge in [0.25, 0.3) is 5.91 Å². The largest absolute Gasteiger partial charge is 0.395 e. The van der Waals surface area contributed by atoms with E-state index >= 15 is 0 Å². The molecular weight excluding hydrogens is 320 g/mol. The Hall–Kier alpha value is -1.92. The van der Waals surface area contributed by atoms with Crippen molar-refractivity contribution in [3.05, 3.63) is 35.4 Å². The van der Waals surface area contributed by atoms with Crippen LogP contribution in [0.15, 0.2) is 24.3 Å². The second-order valence-electron chi connectivity index (χ2n) is 7.22. The number of carbonyl (C=O) groups is 2. The zero-order valence-corrected chi connectivity index (χ0v) is 14.5. The molecule has 2 fully saturated rings. The number of aliphatic hydroxyl groups excluding tert-OH is 2. The van der Waals surface area contributed by atoms with Gasteiger partial charge in [0.05, 0.1) is 13.2 Å². The lowest BCUT2D eigenvalue weighted by Crippen LogP contribution is -2.55.